The molecule has 0 fully saturated rings. The molecular weight excluding hydrogens is 421 g/mol. The second kappa shape index (κ2) is 8.43. The molecule has 6 nitrogen and oxygen atoms in total. The van der Waals surface area contributed by atoms with Crippen molar-refractivity contribution in [3.05, 3.63) is 101 Å². The number of nitrogens with zero attached hydrogens (tertiary/aromatic N) is 2. The first kappa shape index (κ1) is 20.8. The number of ether oxygens (including phenoxy) is 2. The lowest BCUT2D eigenvalue weighted by atomic mass is 9.95. The van der Waals surface area contributed by atoms with Gasteiger partial charge in [0.2, 0.25) is 5.95 Å². The Kier molecular flexibility index (Phi) is 5.30. The van der Waals surface area contributed by atoms with Gasteiger partial charge < -0.3 is 14.8 Å². The summed E-state index contributed by atoms with van der Waals surface area (Å²) in [6.07, 6.45) is 0. The SMILES string of the molecule is COc1ccc(COC(=O)C2=C(C)Nc3nc4ccccc4n3[C@H]2c2ccc(F)cc2)cc1. The van der Waals surface area contributed by atoms with Crippen LogP contribution in [-0.2, 0) is 16.1 Å². The van der Waals surface area contributed by atoms with Crippen LogP contribution in [0.1, 0.15) is 24.1 Å². The van der Waals surface area contributed by atoms with Crippen LogP contribution >= 0.6 is 0 Å². The van der Waals surface area contributed by atoms with E-state index in [0.717, 1.165) is 27.9 Å². The molecule has 0 spiro atoms. The Morgan fingerprint density at radius 3 is 2.52 bits per heavy atom. The smallest absolute Gasteiger partial charge is 0.338 e. The van der Waals surface area contributed by atoms with Crippen LogP contribution < -0.4 is 10.1 Å². The largest absolute Gasteiger partial charge is 0.497 e. The maximum atomic E-state index is 13.7. The fourth-order valence-corrected chi connectivity index (χ4v) is 4.14. The van der Waals surface area contributed by atoms with Crippen molar-refractivity contribution in [2.75, 3.05) is 12.4 Å². The van der Waals surface area contributed by atoms with Crippen molar-refractivity contribution in [1.82, 2.24) is 9.55 Å². The van der Waals surface area contributed by atoms with Gasteiger partial charge in [-0.05, 0) is 54.4 Å². The minimum absolute atomic E-state index is 0.118. The monoisotopic (exact) mass is 443 g/mol. The number of para-hydroxylation sites is 2. The third kappa shape index (κ3) is 3.82. The molecule has 0 bridgehead atoms. The lowest BCUT2D eigenvalue weighted by Crippen LogP contribution is -2.29. The normalized spacial score (nSPS) is 15.2. The number of carbonyl (C=O) groups excluding carboxylic acids is 1. The molecule has 166 valence electrons. The number of fused-ring (bicyclic) bond motifs is 3. The number of anilines is 1. The summed E-state index contributed by atoms with van der Waals surface area (Å²) in [6.45, 7) is 1.94. The van der Waals surface area contributed by atoms with Crippen molar-refractivity contribution in [3.8, 4) is 5.75 Å². The zero-order valence-electron chi connectivity index (χ0n) is 18.2. The van der Waals surface area contributed by atoms with Gasteiger partial charge in [-0.15, -0.1) is 0 Å². The maximum Gasteiger partial charge on any atom is 0.338 e. The van der Waals surface area contributed by atoms with Crippen LogP contribution in [0.25, 0.3) is 11.0 Å². The van der Waals surface area contributed by atoms with Gasteiger partial charge in [-0.25, -0.2) is 14.2 Å². The summed E-state index contributed by atoms with van der Waals surface area (Å²) >= 11 is 0. The van der Waals surface area contributed by atoms with E-state index in [9.17, 15) is 9.18 Å². The first-order chi connectivity index (χ1) is 16.0. The van der Waals surface area contributed by atoms with Crippen molar-refractivity contribution < 1.29 is 18.7 Å². The lowest BCUT2D eigenvalue weighted by Gasteiger charge is -2.30. The lowest BCUT2D eigenvalue weighted by molar-refractivity contribution is -0.140. The van der Waals surface area contributed by atoms with Crippen LogP contribution in [0, 0.1) is 5.82 Å². The van der Waals surface area contributed by atoms with E-state index in [1.54, 1.807) is 19.2 Å². The summed E-state index contributed by atoms with van der Waals surface area (Å²) in [5, 5.41) is 3.24. The average molecular weight is 443 g/mol. The average Bonchev–Trinajstić information content (AvgIpc) is 3.20. The van der Waals surface area contributed by atoms with Gasteiger partial charge in [-0.3, -0.25) is 4.57 Å². The summed E-state index contributed by atoms with van der Waals surface area (Å²) < 4.78 is 26.5. The molecule has 7 heteroatoms. The molecular formula is C26H22FN3O3. The van der Waals surface area contributed by atoms with Crippen molar-refractivity contribution in [2.24, 2.45) is 0 Å². The van der Waals surface area contributed by atoms with E-state index in [1.807, 2.05) is 60.0 Å². The number of halogens is 1. The van der Waals surface area contributed by atoms with E-state index in [1.165, 1.54) is 12.1 Å². The van der Waals surface area contributed by atoms with Gasteiger partial charge in [-0.1, -0.05) is 36.4 Å². The highest BCUT2D eigenvalue weighted by atomic mass is 19.1. The van der Waals surface area contributed by atoms with Gasteiger partial charge in [0.25, 0.3) is 0 Å². The number of carbonyl (C=O) groups is 1. The van der Waals surface area contributed by atoms with E-state index < -0.39 is 12.0 Å². The van der Waals surface area contributed by atoms with Crippen LogP contribution in [0.2, 0.25) is 0 Å². The Morgan fingerprint density at radius 1 is 1.06 bits per heavy atom. The molecule has 1 aliphatic heterocycles. The number of hydrogen-bond acceptors (Lipinski definition) is 5. The Bertz CT molecular complexity index is 1360. The van der Waals surface area contributed by atoms with Gasteiger partial charge in [0.1, 0.15) is 18.2 Å². The Hall–Kier alpha value is -4.13. The summed E-state index contributed by atoms with van der Waals surface area (Å²) in [5.74, 6) is 0.562. The van der Waals surface area contributed by atoms with Gasteiger partial charge in [0.15, 0.2) is 0 Å². The van der Waals surface area contributed by atoms with Crippen molar-refractivity contribution in [3.63, 3.8) is 0 Å². The highest BCUT2D eigenvalue weighted by molar-refractivity contribution is 5.94. The number of methoxy groups -OCH3 is 1. The van der Waals surface area contributed by atoms with E-state index in [0.29, 0.717) is 17.2 Å². The zero-order valence-corrected chi connectivity index (χ0v) is 18.2. The van der Waals surface area contributed by atoms with Crippen molar-refractivity contribution >= 4 is 23.0 Å². The van der Waals surface area contributed by atoms with Gasteiger partial charge in [0.05, 0.1) is 29.8 Å². The maximum absolute atomic E-state index is 13.7. The van der Waals surface area contributed by atoms with E-state index in [4.69, 9.17) is 9.47 Å². The van der Waals surface area contributed by atoms with Crippen molar-refractivity contribution in [2.45, 2.75) is 19.6 Å². The molecule has 0 saturated heterocycles. The van der Waals surface area contributed by atoms with Crippen molar-refractivity contribution in [1.29, 1.82) is 0 Å². The molecule has 1 aromatic heterocycles. The first-order valence-corrected chi connectivity index (χ1v) is 10.6. The predicted octanol–water partition coefficient (Wildman–Crippen LogP) is 5.22. The molecule has 1 N–H and O–H groups in total. The third-order valence-corrected chi connectivity index (χ3v) is 5.77. The van der Waals surface area contributed by atoms with Crippen LogP contribution in [0.3, 0.4) is 0 Å². The molecule has 1 aliphatic rings. The number of esters is 1. The zero-order chi connectivity index (χ0) is 22.9. The topological polar surface area (TPSA) is 65.4 Å². The standard InChI is InChI=1S/C26H22FN3O3/c1-16-23(25(31)33-15-17-7-13-20(32-2)14-8-17)24(18-9-11-19(27)12-10-18)30-22-6-4-3-5-21(22)29-26(30)28-16/h3-14,24H,15H2,1-2H3,(H,28,29)/t24-/m0/s1. The minimum atomic E-state index is -0.516. The van der Waals surface area contributed by atoms with Gasteiger partial charge in [0, 0.05) is 5.70 Å². The Balaban J connectivity index is 1.53. The summed E-state index contributed by atoms with van der Waals surface area (Å²) in [5.41, 5.74) is 4.36. The molecule has 1 atom stereocenters. The molecule has 0 aliphatic carbocycles. The summed E-state index contributed by atoms with van der Waals surface area (Å²) in [7, 11) is 1.60. The van der Waals surface area contributed by atoms with Gasteiger partial charge in [-0.2, -0.15) is 0 Å². The number of hydrogen-bond donors (Lipinski definition) is 1. The number of imidazole rings is 1. The Morgan fingerprint density at radius 2 is 1.79 bits per heavy atom. The number of rotatable bonds is 5. The number of allylic oxidation sites excluding steroid dienone is 1. The van der Waals surface area contributed by atoms with E-state index >= 15 is 0 Å². The minimum Gasteiger partial charge on any atom is -0.497 e. The van der Waals surface area contributed by atoms with E-state index in [-0.39, 0.29) is 12.4 Å². The highest BCUT2D eigenvalue weighted by Gasteiger charge is 2.35. The van der Waals surface area contributed by atoms with E-state index in [2.05, 4.69) is 10.3 Å². The highest BCUT2D eigenvalue weighted by Crippen LogP contribution is 2.39. The summed E-state index contributed by atoms with van der Waals surface area (Å²) in [4.78, 5) is 18.1. The molecule has 2 heterocycles. The molecule has 0 amide bonds. The number of aromatic nitrogens is 2. The number of benzene rings is 3. The molecule has 0 saturated carbocycles. The third-order valence-electron chi connectivity index (χ3n) is 5.77. The van der Waals surface area contributed by atoms with Gasteiger partial charge >= 0.3 is 5.97 Å². The first-order valence-electron chi connectivity index (χ1n) is 10.6. The summed E-state index contributed by atoms with van der Waals surface area (Å²) in [6, 6.07) is 20.7. The van der Waals surface area contributed by atoms with Crippen LogP contribution in [0.4, 0.5) is 10.3 Å². The van der Waals surface area contributed by atoms with Crippen LogP contribution in [0.15, 0.2) is 84.1 Å². The number of nitrogens with one attached hydrogen (secondary N) is 1. The second-order valence-electron chi connectivity index (χ2n) is 7.84. The molecule has 4 aromatic rings. The molecule has 0 radical (unpaired) electrons. The molecule has 3 aromatic carbocycles. The second-order valence-corrected chi connectivity index (χ2v) is 7.84. The molecule has 0 unspecified atom stereocenters. The fraction of sp³-hybridized carbons (Fsp3) is 0.154. The quantitative estimate of drug-likeness (QED) is 0.429. The molecule has 5 rings (SSSR count). The molecule has 33 heavy (non-hydrogen) atoms. The van der Waals surface area contributed by atoms with Crippen LogP contribution in [0.5, 0.6) is 5.75 Å². The fourth-order valence-electron chi connectivity index (χ4n) is 4.14. The van der Waals surface area contributed by atoms with Crippen LogP contribution in [-0.4, -0.2) is 22.6 Å². The Labute approximate surface area is 190 Å². The predicted molar refractivity (Wildman–Crippen MR) is 123 cm³/mol.